The maximum absolute atomic E-state index is 12.4. The van der Waals surface area contributed by atoms with Crippen LogP contribution >= 0.6 is 0 Å². The summed E-state index contributed by atoms with van der Waals surface area (Å²) >= 11 is 0. The number of amides is 3. The Morgan fingerprint density at radius 2 is 1.75 bits per heavy atom. The van der Waals surface area contributed by atoms with E-state index in [1.807, 2.05) is 0 Å². The van der Waals surface area contributed by atoms with Crippen molar-refractivity contribution in [3.63, 3.8) is 0 Å². The number of rotatable bonds is 5. The van der Waals surface area contributed by atoms with Gasteiger partial charge in [-0.3, -0.25) is 14.4 Å². The third kappa shape index (κ3) is 4.74. The molecule has 7 nitrogen and oxygen atoms in total. The molecule has 0 aromatic rings. The van der Waals surface area contributed by atoms with Crippen LogP contribution in [0.2, 0.25) is 0 Å². The minimum absolute atomic E-state index is 0.0215. The van der Waals surface area contributed by atoms with Crippen LogP contribution in [0.4, 0.5) is 0 Å². The number of nitrogens with zero attached hydrogens (tertiary/aromatic N) is 1. The van der Waals surface area contributed by atoms with Crippen LogP contribution < -0.4 is 16.4 Å². The van der Waals surface area contributed by atoms with Crippen LogP contribution in [-0.2, 0) is 14.4 Å². The van der Waals surface area contributed by atoms with Gasteiger partial charge < -0.3 is 16.4 Å². The summed E-state index contributed by atoms with van der Waals surface area (Å²) in [7, 11) is 0. The second-order valence-corrected chi connectivity index (χ2v) is 6.58. The molecule has 1 unspecified atom stereocenters. The average Bonchev–Trinajstić information content (AvgIpc) is 2.48. The Morgan fingerprint density at radius 1 is 1.17 bits per heavy atom. The van der Waals surface area contributed by atoms with Crippen molar-refractivity contribution in [2.75, 3.05) is 6.54 Å². The van der Waals surface area contributed by atoms with E-state index in [1.54, 1.807) is 19.9 Å². The highest BCUT2D eigenvalue weighted by atomic mass is 16.2. The van der Waals surface area contributed by atoms with Crippen LogP contribution in [0.25, 0.3) is 0 Å². The Kier molecular flexibility index (Phi) is 6.25. The Hall–Kier alpha value is -2.02. The highest BCUT2D eigenvalue weighted by molar-refractivity contribution is 6.13. The summed E-state index contributed by atoms with van der Waals surface area (Å²) in [6, 6.07) is 0.176. The quantitative estimate of drug-likeness (QED) is 0.633. The normalized spacial score (nSPS) is 27.1. The average molecular weight is 334 g/mol. The van der Waals surface area contributed by atoms with E-state index in [0.29, 0.717) is 18.7 Å². The third-order valence-electron chi connectivity index (χ3n) is 4.50. The fourth-order valence-electron chi connectivity index (χ4n) is 3.29. The number of hydrogen-bond acceptors (Lipinski definition) is 4. The van der Waals surface area contributed by atoms with E-state index in [2.05, 4.69) is 15.6 Å². The van der Waals surface area contributed by atoms with Crippen LogP contribution in [-0.4, -0.2) is 42.1 Å². The predicted molar refractivity (Wildman–Crippen MR) is 91.4 cm³/mol. The van der Waals surface area contributed by atoms with Gasteiger partial charge in [0, 0.05) is 30.8 Å². The van der Waals surface area contributed by atoms with Crippen LogP contribution in [0.3, 0.4) is 0 Å². The SMILES string of the molecule is CC1=CC(C)=NC(=O)C1C(=O)NC1CCC(NC(=O)CCN)CC1. The molecular formula is C17H26N4O3. The highest BCUT2D eigenvalue weighted by Crippen LogP contribution is 2.22. The summed E-state index contributed by atoms with van der Waals surface area (Å²) in [5.41, 5.74) is 6.73. The van der Waals surface area contributed by atoms with Gasteiger partial charge in [-0.2, -0.15) is 0 Å². The van der Waals surface area contributed by atoms with Crippen LogP contribution in [0.15, 0.2) is 16.6 Å². The van der Waals surface area contributed by atoms with Gasteiger partial charge in [0.25, 0.3) is 5.91 Å². The molecule has 0 spiro atoms. The standard InChI is InChI=1S/C17H26N4O3/c1-10-9-11(2)19-16(23)15(10)17(24)21-13-5-3-12(4-6-13)20-14(22)7-8-18/h9,12-13,15H,3-8,18H2,1-2H3,(H,20,22)(H,21,24). The van der Waals surface area contributed by atoms with Crippen LogP contribution in [0, 0.1) is 5.92 Å². The van der Waals surface area contributed by atoms with Gasteiger partial charge in [-0.25, -0.2) is 4.99 Å². The van der Waals surface area contributed by atoms with Gasteiger partial charge in [-0.1, -0.05) is 0 Å². The molecule has 1 heterocycles. The molecule has 2 rings (SSSR count). The Morgan fingerprint density at radius 3 is 2.29 bits per heavy atom. The second-order valence-electron chi connectivity index (χ2n) is 6.58. The lowest BCUT2D eigenvalue weighted by Crippen LogP contribution is -2.47. The summed E-state index contributed by atoms with van der Waals surface area (Å²) in [5.74, 6) is -1.50. The molecule has 0 aromatic carbocycles. The van der Waals surface area contributed by atoms with Gasteiger partial charge in [-0.05, 0) is 51.2 Å². The molecule has 1 saturated carbocycles. The van der Waals surface area contributed by atoms with E-state index in [0.717, 1.165) is 31.3 Å². The molecule has 0 radical (unpaired) electrons. The molecule has 1 aliphatic heterocycles. The van der Waals surface area contributed by atoms with Crippen molar-refractivity contribution < 1.29 is 14.4 Å². The minimum atomic E-state index is -0.810. The van der Waals surface area contributed by atoms with Gasteiger partial charge >= 0.3 is 0 Å². The number of carbonyl (C=O) groups excluding carboxylic acids is 3. The molecular weight excluding hydrogens is 308 g/mol. The first-order valence-electron chi connectivity index (χ1n) is 8.48. The molecule has 4 N–H and O–H groups in total. The van der Waals surface area contributed by atoms with Crippen molar-refractivity contribution in [1.29, 1.82) is 0 Å². The zero-order chi connectivity index (χ0) is 17.7. The van der Waals surface area contributed by atoms with Crippen molar-refractivity contribution in [2.24, 2.45) is 16.6 Å². The van der Waals surface area contributed by atoms with E-state index in [1.165, 1.54) is 0 Å². The number of nitrogens with two attached hydrogens (primary N) is 1. The summed E-state index contributed by atoms with van der Waals surface area (Å²) < 4.78 is 0. The summed E-state index contributed by atoms with van der Waals surface area (Å²) in [6.45, 7) is 3.88. The first-order valence-corrected chi connectivity index (χ1v) is 8.48. The minimum Gasteiger partial charge on any atom is -0.353 e. The van der Waals surface area contributed by atoms with Gasteiger partial charge in [-0.15, -0.1) is 0 Å². The molecule has 0 bridgehead atoms. The summed E-state index contributed by atoms with van der Waals surface area (Å²) in [5, 5.41) is 5.92. The molecule has 3 amide bonds. The third-order valence-corrected chi connectivity index (χ3v) is 4.50. The van der Waals surface area contributed by atoms with Crippen molar-refractivity contribution in [3.8, 4) is 0 Å². The summed E-state index contributed by atoms with van der Waals surface area (Å²) in [4.78, 5) is 39.8. The molecule has 24 heavy (non-hydrogen) atoms. The van der Waals surface area contributed by atoms with Gasteiger partial charge in [0.1, 0.15) is 5.92 Å². The molecule has 7 heteroatoms. The number of dihydropyridines is 1. The molecule has 0 saturated heterocycles. The van der Waals surface area contributed by atoms with Crippen molar-refractivity contribution in [3.05, 3.63) is 11.6 Å². The molecule has 1 fully saturated rings. The maximum atomic E-state index is 12.4. The maximum Gasteiger partial charge on any atom is 0.262 e. The fraction of sp³-hybridized carbons (Fsp3) is 0.647. The lowest BCUT2D eigenvalue weighted by Gasteiger charge is -2.30. The zero-order valence-electron chi connectivity index (χ0n) is 14.3. The lowest BCUT2D eigenvalue weighted by molar-refractivity contribution is -0.132. The molecule has 0 aromatic heterocycles. The Balaban J connectivity index is 1.82. The molecule has 132 valence electrons. The fourth-order valence-corrected chi connectivity index (χ4v) is 3.29. The topological polar surface area (TPSA) is 114 Å². The molecule has 1 atom stereocenters. The predicted octanol–water partition coefficient (Wildman–Crippen LogP) is 0.442. The lowest BCUT2D eigenvalue weighted by atomic mass is 9.89. The van der Waals surface area contributed by atoms with E-state index in [9.17, 15) is 14.4 Å². The molecule has 2 aliphatic rings. The number of aliphatic imine (C=N–C) groups is 1. The monoisotopic (exact) mass is 334 g/mol. The number of hydrogen-bond donors (Lipinski definition) is 3. The smallest absolute Gasteiger partial charge is 0.262 e. The number of nitrogens with one attached hydrogen (secondary N) is 2. The zero-order valence-corrected chi connectivity index (χ0v) is 14.3. The van der Waals surface area contributed by atoms with E-state index >= 15 is 0 Å². The Bertz CT molecular complexity index is 574. The first kappa shape index (κ1) is 18.3. The van der Waals surface area contributed by atoms with E-state index < -0.39 is 11.8 Å². The van der Waals surface area contributed by atoms with E-state index in [4.69, 9.17) is 5.73 Å². The van der Waals surface area contributed by atoms with Crippen molar-refractivity contribution >= 4 is 23.4 Å². The highest BCUT2D eigenvalue weighted by Gasteiger charge is 2.32. The second kappa shape index (κ2) is 8.19. The molecule has 1 aliphatic carbocycles. The van der Waals surface area contributed by atoms with Crippen molar-refractivity contribution in [1.82, 2.24) is 10.6 Å². The van der Waals surface area contributed by atoms with Gasteiger partial charge in [0.2, 0.25) is 11.8 Å². The summed E-state index contributed by atoms with van der Waals surface area (Å²) in [6.07, 6.45) is 5.30. The number of carbonyl (C=O) groups is 3. The van der Waals surface area contributed by atoms with Crippen LogP contribution in [0.1, 0.15) is 46.0 Å². The van der Waals surface area contributed by atoms with Crippen molar-refractivity contribution in [2.45, 2.75) is 58.0 Å². The number of allylic oxidation sites excluding steroid dienone is 1. The Labute approximate surface area is 142 Å². The first-order chi connectivity index (χ1) is 11.4. The largest absolute Gasteiger partial charge is 0.353 e. The van der Waals surface area contributed by atoms with Gasteiger partial charge in [0.15, 0.2) is 0 Å². The van der Waals surface area contributed by atoms with Gasteiger partial charge in [0.05, 0.1) is 0 Å². The van der Waals surface area contributed by atoms with Crippen LogP contribution in [0.5, 0.6) is 0 Å². The van der Waals surface area contributed by atoms with E-state index in [-0.39, 0.29) is 23.9 Å².